The lowest BCUT2D eigenvalue weighted by Crippen LogP contribution is -1.91. The molecule has 0 saturated heterocycles. The Labute approximate surface area is 93.1 Å². The Morgan fingerprint density at radius 3 is 2.23 bits per heavy atom. The molecule has 0 aliphatic rings. The highest BCUT2D eigenvalue weighted by Crippen LogP contribution is 2.32. The van der Waals surface area contributed by atoms with E-state index in [1.165, 1.54) is 0 Å². The van der Waals surface area contributed by atoms with Gasteiger partial charge in [-0.3, -0.25) is 0 Å². The molecule has 0 spiro atoms. The molecule has 0 aliphatic carbocycles. The Morgan fingerprint density at radius 1 is 1.15 bits per heavy atom. The first-order valence-corrected chi connectivity index (χ1v) is 4.80. The third-order valence-corrected chi connectivity index (χ3v) is 2.78. The molecule has 0 aromatic heterocycles. The minimum absolute atomic E-state index is 0.465. The molecule has 1 aromatic carbocycles. The number of halogens is 3. The van der Waals surface area contributed by atoms with Crippen LogP contribution in [0.3, 0.4) is 0 Å². The summed E-state index contributed by atoms with van der Waals surface area (Å²) in [6, 6.07) is 3.37. The number of allylic oxidation sites excluding steroid dienone is 1. The molecule has 0 aliphatic heterocycles. The average Bonchev–Trinajstić information content (AvgIpc) is 2.10. The van der Waals surface area contributed by atoms with Crippen LogP contribution < -0.4 is 0 Å². The van der Waals surface area contributed by atoms with Crippen LogP contribution in [0.4, 0.5) is 0 Å². The maximum Gasteiger partial charge on any atom is 0.0607 e. The van der Waals surface area contributed by atoms with Crippen LogP contribution in [0, 0.1) is 5.92 Å². The molecular weight excluding hydrogens is 226 g/mol. The van der Waals surface area contributed by atoms with Gasteiger partial charge in [-0.05, 0) is 17.7 Å². The smallest absolute Gasteiger partial charge is 0.0607 e. The van der Waals surface area contributed by atoms with E-state index in [9.17, 15) is 0 Å². The second-order valence-electron chi connectivity index (χ2n) is 2.63. The van der Waals surface area contributed by atoms with E-state index in [1.54, 1.807) is 18.2 Å². The van der Waals surface area contributed by atoms with E-state index < -0.39 is 0 Å². The normalized spacial score (nSPS) is 10.5. The van der Waals surface area contributed by atoms with Crippen LogP contribution in [-0.4, -0.2) is 0 Å². The van der Waals surface area contributed by atoms with Gasteiger partial charge in [0, 0.05) is 10.9 Å². The molecule has 0 N–H and O–H groups in total. The molecule has 69 valence electrons. The largest absolute Gasteiger partial charge is 0.102 e. The van der Waals surface area contributed by atoms with Crippen LogP contribution in [0.1, 0.15) is 12.5 Å². The zero-order chi connectivity index (χ0) is 10.0. The maximum absolute atomic E-state index is 5.96. The summed E-state index contributed by atoms with van der Waals surface area (Å²) in [5, 5.41) is 1.56. The zero-order valence-corrected chi connectivity index (χ0v) is 9.34. The molecular formula is C10H8Cl3. The van der Waals surface area contributed by atoms with E-state index in [1.807, 2.05) is 6.92 Å². The lowest BCUT2D eigenvalue weighted by molar-refractivity contribution is 1.26. The summed E-state index contributed by atoms with van der Waals surface area (Å²) in [6.45, 7) is 5.57. The minimum atomic E-state index is 0.465. The predicted octanol–water partition coefficient (Wildman–Crippen LogP) is 4.78. The maximum atomic E-state index is 5.96. The highest BCUT2D eigenvalue weighted by Gasteiger charge is 2.10. The zero-order valence-electron chi connectivity index (χ0n) is 7.07. The Hall–Kier alpha value is -0.170. The summed E-state index contributed by atoms with van der Waals surface area (Å²) in [4.78, 5) is 0. The summed E-state index contributed by atoms with van der Waals surface area (Å²) >= 11 is 17.6. The summed E-state index contributed by atoms with van der Waals surface area (Å²) in [5.74, 6) is 0.976. The average molecular weight is 235 g/mol. The molecule has 0 unspecified atom stereocenters. The molecule has 3 heteroatoms. The number of hydrogen-bond acceptors (Lipinski definition) is 0. The topological polar surface area (TPSA) is 0 Å². The van der Waals surface area contributed by atoms with E-state index >= 15 is 0 Å². The molecule has 0 saturated carbocycles. The van der Waals surface area contributed by atoms with Crippen molar-refractivity contribution in [1.82, 2.24) is 0 Å². The van der Waals surface area contributed by atoms with Crippen molar-refractivity contribution in [2.75, 3.05) is 0 Å². The molecule has 1 radical (unpaired) electrons. The second-order valence-corrected chi connectivity index (χ2v) is 3.85. The van der Waals surface area contributed by atoms with Crippen molar-refractivity contribution in [3.05, 3.63) is 51.3 Å². The van der Waals surface area contributed by atoms with Gasteiger partial charge in [-0.25, -0.2) is 0 Å². The first-order valence-electron chi connectivity index (χ1n) is 3.67. The number of benzene rings is 1. The van der Waals surface area contributed by atoms with Crippen LogP contribution in [0.15, 0.2) is 24.8 Å². The number of rotatable bonds is 2. The van der Waals surface area contributed by atoms with Crippen LogP contribution >= 0.6 is 34.8 Å². The molecule has 0 bridgehead atoms. The molecule has 0 heterocycles. The quantitative estimate of drug-likeness (QED) is 0.646. The van der Waals surface area contributed by atoms with Gasteiger partial charge in [0.15, 0.2) is 0 Å². The number of hydrogen-bond donors (Lipinski definition) is 0. The van der Waals surface area contributed by atoms with Crippen molar-refractivity contribution in [3.8, 4) is 0 Å². The fourth-order valence-corrected chi connectivity index (χ4v) is 1.63. The monoisotopic (exact) mass is 233 g/mol. The van der Waals surface area contributed by atoms with Crippen molar-refractivity contribution >= 4 is 34.8 Å². The van der Waals surface area contributed by atoms with Crippen LogP contribution in [0.5, 0.6) is 0 Å². The van der Waals surface area contributed by atoms with E-state index in [-0.39, 0.29) is 0 Å². The third kappa shape index (κ3) is 2.40. The van der Waals surface area contributed by atoms with Crippen molar-refractivity contribution in [2.24, 2.45) is 0 Å². The Morgan fingerprint density at radius 2 is 1.69 bits per heavy atom. The van der Waals surface area contributed by atoms with Gasteiger partial charge in [0.2, 0.25) is 0 Å². The summed E-state index contributed by atoms with van der Waals surface area (Å²) in [6.07, 6.45) is 1.73. The van der Waals surface area contributed by atoms with E-state index in [2.05, 4.69) is 6.58 Å². The minimum Gasteiger partial charge on any atom is -0.102 e. The highest BCUT2D eigenvalue weighted by molar-refractivity contribution is 6.43. The van der Waals surface area contributed by atoms with E-state index in [0.717, 1.165) is 11.5 Å². The predicted molar refractivity (Wildman–Crippen MR) is 59.7 cm³/mol. The SMILES string of the molecule is C=C[C](C)c1cc(Cl)c(Cl)cc1Cl. The van der Waals surface area contributed by atoms with Crippen LogP contribution in [0.25, 0.3) is 0 Å². The van der Waals surface area contributed by atoms with Gasteiger partial charge >= 0.3 is 0 Å². The Kier molecular flexibility index (Phi) is 3.66. The van der Waals surface area contributed by atoms with Crippen molar-refractivity contribution in [2.45, 2.75) is 6.92 Å². The van der Waals surface area contributed by atoms with Gasteiger partial charge in [0.1, 0.15) is 0 Å². The molecule has 0 fully saturated rings. The van der Waals surface area contributed by atoms with Gasteiger partial charge in [-0.2, -0.15) is 0 Å². The molecule has 0 atom stereocenters. The van der Waals surface area contributed by atoms with Gasteiger partial charge in [0.05, 0.1) is 10.0 Å². The molecule has 13 heavy (non-hydrogen) atoms. The third-order valence-electron chi connectivity index (χ3n) is 1.74. The first-order chi connectivity index (χ1) is 6.06. The standard InChI is InChI=1S/C10H8Cl3/c1-3-6(2)7-4-9(12)10(13)5-8(7)11/h3-5H,1H2,2H3. The van der Waals surface area contributed by atoms with Crippen molar-refractivity contribution in [1.29, 1.82) is 0 Å². The molecule has 0 nitrogen and oxygen atoms in total. The van der Waals surface area contributed by atoms with Crippen molar-refractivity contribution < 1.29 is 0 Å². The van der Waals surface area contributed by atoms with Gasteiger partial charge in [-0.15, -0.1) is 6.58 Å². The van der Waals surface area contributed by atoms with Crippen molar-refractivity contribution in [3.63, 3.8) is 0 Å². The van der Waals surface area contributed by atoms with Gasteiger partial charge in [-0.1, -0.05) is 47.8 Å². The summed E-state index contributed by atoms with van der Waals surface area (Å²) in [7, 11) is 0. The van der Waals surface area contributed by atoms with E-state index in [4.69, 9.17) is 34.8 Å². The fraction of sp³-hybridized carbons (Fsp3) is 0.100. The first kappa shape index (κ1) is 10.9. The summed E-state index contributed by atoms with van der Waals surface area (Å²) in [5.41, 5.74) is 0.867. The fourth-order valence-electron chi connectivity index (χ4n) is 0.935. The summed E-state index contributed by atoms with van der Waals surface area (Å²) < 4.78 is 0. The lowest BCUT2D eigenvalue weighted by Gasteiger charge is -2.09. The second kappa shape index (κ2) is 4.36. The molecule has 1 aromatic rings. The highest BCUT2D eigenvalue weighted by atomic mass is 35.5. The molecule has 1 rings (SSSR count). The lowest BCUT2D eigenvalue weighted by atomic mass is 10.0. The molecule has 0 amide bonds. The van der Waals surface area contributed by atoms with Crippen LogP contribution in [0.2, 0.25) is 15.1 Å². The van der Waals surface area contributed by atoms with E-state index in [0.29, 0.717) is 15.1 Å². The Balaban J connectivity index is 3.22. The Bertz CT molecular complexity index is 331. The van der Waals surface area contributed by atoms with Gasteiger partial charge in [0.25, 0.3) is 0 Å². The van der Waals surface area contributed by atoms with Crippen LogP contribution in [-0.2, 0) is 0 Å². The van der Waals surface area contributed by atoms with Gasteiger partial charge < -0.3 is 0 Å².